The maximum atomic E-state index is 6.54. The van der Waals surface area contributed by atoms with E-state index in [9.17, 15) is 0 Å². The van der Waals surface area contributed by atoms with Gasteiger partial charge in [0.15, 0.2) is 11.5 Å². The van der Waals surface area contributed by atoms with Crippen LogP contribution >= 0.6 is 0 Å². The molecule has 42 heavy (non-hydrogen) atoms. The quantitative estimate of drug-likeness (QED) is 0.242. The first-order chi connectivity index (χ1) is 20.5. The van der Waals surface area contributed by atoms with Crippen molar-refractivity contribution in [3.63, 3.8) is 0 Å². The molecular formula is C35H38N2O5. The fourth-order valence-electron chi connectivity index (χ4n) is 6.30. The van der Waals surface area contributed by atoms with Gasteiger partial charge in [0.2, 0.25) is 5.75 Å². The van der Waals surface area contributed by atoms with Gasteiger partial charge in [0.1, 0.15) is 5.75 Å². The molecule has 0 radical (unpaired) electrons. The summed E-state index contributed by atoms with van der Waals surface area (Å²) in [6, 6.07) is 20.9. The third-order valence-electron chi connectivity index (χ3n) is 8.47. The van der Waals surface area contributed by atoms with E-state index >= 15 is 0 Å². The highest BCUT2D eigenvalue weighted by Gasteiger charge is 2.31. The molecule has 0 saturated carbocycles. The van der Waals surface area contributed by atoms with E-state index in [4.69, 9.17) is 28.7 Å². The van der Waals surface area contributed by atoms with Crippen LogP contribution in [0.5, 0.6) is 23.0 Å². The average Bonchev–Trinajstić information content (AvgIpc) is 3.04. The van der Waals surface area contributed by atoms with Crippen LogP contribution in [0.2, 0.25) is 0 Å². The summed E-state index contributed by atoms with van der Waals surface area (Å²) in [7, 11) is 6.64. The van der Waals surface area contributed by atoms with Crippen molar-refractivity contribution in [1.82, 2.24) is 9.88 Å². The second-order valence-electron chi connectivity index (χ2n) is 10.9. The Labute approximate surface area is 248 Å². The van der Waals surface area contributed by atoms with Crippen molar-refractivity contribution in [2.24, 2.45) is 0 Å². The Balaban J connectivity index is 1.37. The van der Waals surface area contributed by atoms with Crippen molar-refractivity contribution in [3.8, 4) is 34.3 Å². The predicted octanol–water partition coefficient (Wildman–Crippen LogP) is 6.46. The fraction of sp³-hybridized carbons (Fsp3) is 0.343. The zero-order chi connectivity index (χ0) is 29.2. The molecule has 3 heterocycles. The van der Waals surface area contributed by atoms with Crippen LogP contribution in [0.15, 0.2) is 60.7 Å². The first-order valence-corrected chi connectivity index (χ1v) is 14.4. The third-order valence-corrected chi connectivity index (χ3v) is 8.47. The number of methoxy groups -OCH3 is 4. The van der Waals surface area contributed by atoms with Gasteiger partial charge in [-0.15, -0.1) is 0 Å². The van der Waals surface area contributed by atoms with Crippen LogP contribution in [0, 0.1) is 6.92 Å². The van der Waals surface area contributed by atoms with E-state index in [0.717, 1.165) is 60.6 Å². The minimum atomic E-state index is -0.00484. The first-order valence-electron chi connectivity index (χ1n) is 14.4. The van der Waals surface area contributed by atoms with Crippen LogP contribution < -0.4 is 18.9 Å². The number of ether oxygens (including phenoxy) is 5. The number of fused-ring (bicyclic) bond motifs is 3. The zero-order valence-corrected chi connectivity index (χ0v) is 25.0. The second-order valence-corrected chi connectivity index (χ2v) is 10.9. The van der Waals surface area contributed by atoms with Crippen LogP contribution in [0.25, 0.3) is 11.3 Å². The lowest BCUT2D eigenvalue weighted by molar-refractivity contribution is 0.0261. The maximum absolute atomic E-state index is 6.54. The molecule has 218 valence electrons. The number of hydrogen-bond acceptors (Lipinski definition) is 7. The van der Waals surface area contributed by atoms with Crippen molar-refractivity contribution in [2.45, 2.75) is 45.6 Å². The van der Waals surface area contributed by atoms with Gasteiger partial charge in [-0.3, -0.25) is 9.88 Å². The van der Waals surface area contributed by atoms with Crippen molar-refractivity contribution >= 4 is 0 Å². The number of rotatable bonds is 8. The molecule has 0 saturated heterocycles. The van der Waals surface area contributed by atoms with Crippen molar-refractivity contribution in [2.75, 3.05) is 35.0 Å². The number of hydrogen-bond donors (Lipinski definition) is 0. The van der Waals surface area contributed by atoms with Crippen molar-refractivity contribution in [3.05, 3.63) is 99.7 Å². The van der Waals surface area contributed by atoms with E-state index in [1.807, 2.05) is 24.3 Å². The summed E-state index contributed by atoms with van der Waals surface area (Å²) >= 11 is 0. The van der Waals surface area contributed by atoms with Gasteiger partial charge in [0, 0.05) is 43.7 Å². The summed E-state index contributed by atoms with van der Waals surface area (Å²) in [5, 5.41) is 0. The van der Waals surface area contributed by atoms with Crippen LogP contribution in [-0.4, -0.2) is 44.9 Å². The SMILES string of the molecule is COc1ccc(-c2nc3c(c4c2C[C@H](c2ccccc2)OC4)CN(Cc2cc(OC)c(OC)c(OC)c2)CC3)c(C)c1. The Morgan fingerprint density at radius 1 is 0.857 bits per heavy atom. The van der Waals surface area contributed by atoms with Gasteiger partial charge in [-0.2, -0.15) is 0 Å². The van der Waals surface area contributed by atoms with Crippen molar-refractivity contribution in [1.29, 1.82) is 0 Å². The Morgan fingerprint density at radius 3 is 2.29 bits per heavy atom. The predicted molar refractivity (Wildman–Crippen MR) is 163 cm³/mol. The number of benzene rings is 3. The number of aryl methyl sites for hydroxylation is 1. The Morgan fingerprint density at radius 2 is 1.62 bits per heavy atom. The van der Waals surface area contributed by atoms with Gasteiger partial charge in [0.05, 0.1) is 46.8 Å². The van der Waals surface area contributed by atoms with Crippen LogP contribution in [0.1, 0.15) is 45.2 Å². The fourth-order valence-corrected chi connectivity index (χ4v) is 6.30. The maximum Gasteiger partial charge on any atom is 0.203 e. The number of pyridine rings is 1. The summed E-state index contributed by atoms with van der Waals surface area (Å²) in [5.74, 6) is 2.81. The highest BCUT2D eigenvalue weighted by molar-refractivity contribution is 5.71. The standard InChI is InChI=1S/C35H38N2O5/c1-22-15-25(38-2)11-12-26(22)34-27-18-31(24-9-7-6-8-10-24)42-21-29(27)28-20-37(14-13-30(28)36-34)19-23-16-32(39-3)35(41-5)33(17-23)40-4/h6-12,15-17,31H,13-14,18-21H2,1-5H3/t31-/m1/s1. The minimum absolute atomic E-state index is 0.00484. The lowest BCUT2D eigenvalue weighted by atomic mass is 9.86. The molecule has 0 aliphatic carbocycles. The molecule has 0 unspecified atom stereocenters. The molecule has 7 heteroatoms. The monoisotopic (exact) mass is 566 g/mol. The van der Waals surface area contributed by atoms with Gasteiger partial charge in [-0.1, -0.05) is 30.3 Å². The molecule has 4 aromatic rings. The molecule has 3 aromatic carbocycles. The molecule has 1 aromatic heterocycles. The van der Waals surface area contributed by atoms with Gasteiger partial charge < -0.3 is 23.7 Å². The zero-order valence-electron chi connectivity index (χ0n) is 25.0. The van der Waals surface area contributed by atoms with E-state index in [1.165, 1.54) is 27.9 Å². The summed E-state index contributed by atoms with van der Waals surface area (Å²) in [6.07, 6.45) is 1.65. The second kappa shape index (κ2) is 12.0. The lowest BCUT2D eigenvalue weighted by Crippen LogP contribution is -2.33. The normalized spacial score (nSPS) is 16.4. The van der Waals surface area contributed by atoms with E-state index in [1.54, 1.807) is 28.4 Å². The molecular weight excluding hydrogens is 528 g/mol. The topological polar surface area (TPSA) is 62.3 Å². The van der Waals surface area contributed by atoms with E-state index < -0.39 is 0 Å². The Bertz CT molecular complexity index is 1560. The van der Waals surface area contributed by atoms with Crippen molar-refractivity contribution < 1.29 is 23.7 Å². The summed E-state index contributed by atoms with van der Waals surface area (Å²) in [5.41, 5.74) is 10.7. The first kappa shape index (κ1) is 28.1. The molecule has 1 atom stereocenters. The molecule has 6 rings (SSSR count). The molecule has 2 aliphatic heterocycles. The minimum Gasteiger partial charge on any atom is -0.497 e. The van der Waals surface area contributed by atoms with E-state index in [0.29, 0.717) is 23.9 Å². The highest BCUT2D eigenvalue weighted by Crippen LogP contribution is 2.42. The molecule has 0 spiro atoms. The van der Waals surface area contributed by atoms with Gasteiger partial charge in [0.25, 0.3) is 0 Å². The largest absolute Gasteiger partial charge is 0.497 e. The number of nitrogens with zero attached hydrogens (tertiary/aromatic N) is 2. The van der Waals surface area contributed by atoms with E-state index in [2.05, 4.69) is 48.2 Å². The summed E-state index contributed by atoms with van der Waals surface area (Å²) in [6.45, 7) is 5.18. The van der Waals surface area contributed by atoms with Crippen LogP contribution in [0.4, 0.5) is 0 Å². The molecule has 0 amide bonds. The van der Waals surface area contributed by atoms with Crippen LogP contribution in [-0.2, 0) is 37.3 Å². The van der Waals surface area contributed by atoms with Crippen LogP contribution in [0.3, 0.4) is 0 Å². The highest BCUT2D eigenvalue weighted by atomic mass is 16.5. The molecule has 0 bridgehead atoms. The summed E-state index contributed by atoms with van der Waals surface area (Å²) < 4.78 is 28.8. The van der Waals surface area contributed by atoms with E-state index in [-0.39, 0.29) is 6.10 Å². The average molecular weight is 567 g/mol. The molecule has 7 nitrogen and oxygen atoms in total. The van der Waals surface area contributed by atoms with Gasteiger partial charge in [-0.05, 0) is 70.6 Å². The number of aromatic nitrogens is 1. The third kappa shape index (κ3) is 5.30. The smallest absolute Gasteiger partial charge is 0.203 e. The molecule has 0 N–H and O–H groups in total. The Hall–Kier alpha value is -4.07. The van der Waals surface area contributed by atoms with Gasteiger partial charge in [-0.25, -0.2) is 0 Å². The lowest BCUT2D eigenvalue weighted by Gasteiger charge is -2.35. The molecule has 2 aliphatic rings. The summed E-state index contributed by atoms with van der Waals surface area (Å²) in [4.78, 5) is 7.85. The van der Waals surface area contributed by atoms with Gasteiger partial charge >= 0.3 is 0 Å². The Kier molecular flexibility index (Phi) is 8.05. The molecule has 0 fully saturated rings.